The fourth-order valence-corrected chi connectivity index (χ4v) is 8.28. The molecule has 2 spiro atoms. The molecule has 0 unspecified atom stereocenters. The molecule has 204 valence electrons. The zero-order valence-electron chi connectivity index (χ0n) is 21.4. The molecule has 1 heterocycles. The lowest BCUT2D eigenvalue weighted by Gasteiger charge is -2.38. The van der Waals surface area contributed by atoms with Gasteiger partial charge in [0.1, 0.15) is 0 Å². The van der Waals surface area contributed by atoms with Crippen LogP contribution in [0.25, 0.3) is 0 Å². The Bertz CT molecular complexity index is 1520. The SMILES string of the molecule is CS(=O)(=O)Nc1ccc2c(c1)C1(CCC3(CC3)CC1)CN2C(=O)c1cccc(S(=O)(=O)NC2(CO)CC2)c1. The monoisotopic (exact) mass is 559 g/mol. The summed E-state index contributed by atoms with van der Waals surface area (Å²) < 4.78 is 54.9. The number of anilines is 2. The molecule has 9 nitrogen and oxygen atoms in total. The largest absolute Gasteiger partial charge is 0.394 e. The van der Waals surface area contributed by atoms with Gasteiger partial charge in [0.25, 0.3) is 5.91 Å². The number of rotatable bonds is 7. The predicted octanol–water partition coefficient (Wildman–Crippen LogP) is 3.11. The van der Waals surface area contributed by atoms with E-state index in [0.29, 0.717) is 30.5 Å². The maximum Gasteiger partial charge on any atom is 0.258 e. The first-order chi connectivity index (χ1) is 17.9. The van der Waals surface area contributed by atoms with Gasteiger partial charge in [-0.05, 0) is 98.7 Å². The number of benzene rings is 2. The standard InChI is InChI=1S/C27H33N3O6S2/c1-37(33,34)28-20-5-6-23-22(16-20)26(11-9-25(7-8-25)10-12-26)17-30(23)24(32)19-3-2-4-21(15-19)38(35,36)29-27(18-31)13-14-27/h2-6,15-16,28-29,31H,7-14,17-18H2,1H3. The normalized spacial score (nSPS) is 22.3. The molecule has 3 aliphatic carbocycles. The summed E-state index contributed by atoms with van der Waals surface area (Å²) in [5.74, 6) is -0.293. The Morgan fingerprint density at radius 3 is 2.24 bits per heavy atom. The van der Waals surface area contributed by atoms with E-state index < -0.39 is 25.6 Å². The van der Waals surface area contributed by atoms with Crippen molar-refractivity contribution in [2.24, 2.45) is 5.41 Å². The molecule has 2 aromatic rings. The third-order valence-electron chi connectivity index (χ3n) is 8.99. The van der Waals surface area contributed by atoms with Crippen molar-refractivity contribution in [1.82, 2.24) is 4.72 Å². The van der Waals surface area contributed by atoms with Gasteiger partial charge < -0.3 is 10.0 Å². The minimum atomic E-state index is -3.91. The summed E-state index contributed by atoms with van der Waals surface area (Å²) in [5.41, 5.74) is 1.81. The van der Waals surface area contributed by atoms with Crippen LogP contribution in [-0.2, 0) is 25.5 Å². The lowest BCUT2D eigenvalue weighted by Crippen LogP contribution is -2.40. The second-order valence-corrected chi connectivity index (χ2v) is 15.3. The first kappa shape index (κ1) is 25.8. The second kappa shape index (κ2) is 8.51. The van der Waals surface area contributed by atoms with Crippen molar-refractivity contribution in [2.75, 3.05) is 29.0 Å². The Kier molecular flexibility index (Phi) is 5.78. The van der Waals surface area contributed by atoms with Gasteiger partial charge in [-0.3, -0.25) is 9.52 Å². The van der Waals surface area contributed by atoms with Crippen molar-refractivity contribution in [2.45, 2.75) is 67.2 Å². The molecule has 0 atom stereocenters. The molecule has 1 aliphatic heterocycles. The van der Waals surface area contributed by atoms with E-state index in [2.05, 4.69) is 9.44 Å². The highest BCUT2D eigenvalue weighted by Crippen LogP contribution is 2.62. The quantitative estimate of drug-likeness (QED) is 0.478. The number of hydrogen-bond acceptors (Lipinski definition) is 6. The number of carbonyl (C=O) groups is 1. The first-order valence-electron chi connectivity index (χ1n) is 13.1. The number of aliphatic hydroxyl groups excluding tert-OH is 1. The minimum Gasteiger partial charge on any atom is -0.394 e. The molecule has 3 saturated carbocycles. The highest BCUT2D eigenvalue weighted by Gasteiger charge is 2.53. The lowest BCUT2D eigenvalue weighted by molar-refractivity contribution is 0.0980. The number of hydrogen-bond donors (Lipinski definition) is 3. The van der Waals surface area contributed by atoms with Crippen LogP contribution in [0.5, 0.6) is 0 Å². The van der Waals surface area contributed by atoms with Crippen LogP contribution >= 0.6 is 0 Å². The number of carbonyl (C=O) groups excluding carboxylic acids is 1. The number of nitrogens with one attached hydrogen (secondary N) is 2. The number of sulfonamides is 2. The highest BCUT2D eigenvalue weighted by atomic mass is 32.2. The van der Waals surface area contributed by atoms with Crippen LogP contribution in [0.2, 0.25) is 0 Å². The highest BCUT2D eigenvalue weighted by molar-refractivity contribution is 7.92. The molecule has 0 saturated heterocycles. The van der Waals surface area contributed by atoms with Gasteiger partial charge in [-0.1, -0.05) is 6.07 Å². The molecule has 0 radical (unpaired) electrons. The number of nitrogens with zero attached hydrogens (tertiary/aromatic N) is 1. The Hall–Kier alpha value is -2.47. The zero-order chi connectivity index (χ0) is 27.0. The average Bonchev–Trinajstić information content (AvgIpc) is 3.80. The summed E-state index contributed by atoms with van der Waals surface area (Å²) in [4.78, 5) is 15.6. The van der Waals surface area contributed by atoms with E-state index >= 15 is 0 Å². The summed E-state index contributed by atoms with van der Waals surface area (Å²) in [7, 11) is -7.37. The van der Waals surface area contributed by atoms with Crippen LogP contribution in [0, 0.1) is 5.41 Å². The van der Waals surface area contributed by atoms with Gasteiger partial charge in [0.2, 0.25) is 20.0 Å². The van der Waals surface area contributed by atoms with Gasteiger partial charge in [-0.15, -0.1) is 0 Å². The fraction of sp³-hybridized carbons (Fsp3) is 0.519. The van der Waals surface area contributed by atoms with E-state index in [0.717, 1.165) is 43.2 Å². The Labute approximate surface area is 223 Å². The van der Waals surface area contributed by atoms with E-state index in [-0.39, 0.29) is 28.4 Å². The zero-order valence-corrected chi connectivity index (χ0v) is 23.0. The van der Waals surface area contributed by atoms with Gasteiger partial charge in [0.15, 0.2) is 0 Å². The van der Waals surface area contributed by atoms with Crippen molar-refractivity contribution in [3.8, 4) is 0 Å². The van der Waals surface area contributed by atoms with Crippen LogP contribution in [-0.4, -0.2) is 52.8 Å². The summed E-state index contributed by atoms with van der Waals surface area (Å²) >= 11 is 0. The second-order valence-electron chi connectivity index (χ2n) is 11.8. The summed E-state index contributed by atoms with van der Waals surface area (Å²) in [5, 5.41) is 9.56. The van der Waals surface area contributed by atoms with Gasteiger partial charge in [-0.25, -0.2) is 21.6 Å². The Morgan fingerprint density at radius 2 is 1.63 bits per heavy atom. The molecule has 3 N–H and O–H groups in total. The topological polar surface area (TPSA) is 133 Å². The van der Waals surface area contributed by atoms with Crippen molar-refractivity contribution < 1.29 is 26.7 Å². The van der Waals surface area contributed by atoms with Crippen molar-refractivity contribution in [1.29, 1.82) is 0 Å². The molecular weight excluding hydrogens is 526 g/mol. The lowest BCUT2D eigenvalue weighted by atomic mass is 9.66. The molecule has 11 heteroatoms. The number of fused-ring (bicyclic) bond motifs is 2. The van der Waals surface area contributed by atoms with E-state index in [1.54, 1.807) is 29.2 Å². The van der Waals surface area contributed by atoms with Gasteiger partial charge >= 0.3 is 0 Å². The van der Waals surface area contributed by atoms with Gasteiger partial charge in [0.05, 0.1) is 23.3 Å². The first-order valence-corrected chi connectivity index (χ1v) is 16.4. The number of aliphatic hydroxyl groups is 1. The Morgan fingerprint density at radius 1 is 0.947 bits per heavy atom. The van der Waals surface area contributed by atoms with Crippen LogP contribution in [0.15, 0.2) is 47.4 Å². The average molecular weight is 560 g/mol. The summed E-state index contributed by atoms with van der Waals surface area (Å²) in [6, 6.07) is 11.3. The molecule has 0 aromatic heterocycles. The smallest absolute Gasteiger partial charge is 0.258 e. The molecular formula is C27H33N3O6S2. The maximum absolute atomic E-state index is 13.9. The molecule has 6 rings (SSSR count). The van der Waals surface area contributed by atoms with Crippen molar-refractivity contribution >= 4 is 37.3 Å². The molecule has 2 aromatic carbocycles. The molecule has 38 heavy (non-hydrogen) atoms. The molecule has 0 bridgehead atoms. The van der Waals surface area contributed by atoms with E-state index in [1.807, 2.05) is 6.07 Å². The van der Waals surface area contributed by atoms with Crippen LogP contribution in [0.1, 0.15) is 67.3 Å². The fourth-order valence-electron chi connectivity index (χ4n) is 6.23. The summed E-state index contributed by atoms with van der Waals surface area (Å²) in [6.45, 7) is 0.206. The van der Waals surface area contributed by atoms with E-state index in [1.165, 1.54) is 25.0 Å². The van der Waals surface area contributed by atoms with Gasteiger partial charge in [0, 0.05) is 28.9 Å². The van der Waals surface area contributed by atoms with E-state index in [4.69, 9.17) is 0 Å². The predicted molar refractivity (Wildman–Crippen MR) is 144 cm³/mol. The third kappa shape index (κ3) is 4.63. The van der Waals surface area contributed by atoms with Gasteiger partial charge in [-0.2, -0.15) is 0 Å². The molecule has 4 aliphatic rings. The Balaban J connectivity index is 1.33. The van der Waals surface area contributed by atoms with Crippen molar-refractivity contribution in [3.63, 3.8) is 0 Å². The maximum atomic E-state index is 13.9. The van der Waals surface area contributed by atoms with Crippen LogP contribution in [0.3, 0.4) is 0 Å². The molecule has 1 amide bonds. The summed E-state index contributed by atoms with van der Waals surface area (Å²) in [6.07, 6.45) is 8.79. The van der Waals surface area contributed by atoms with Crippen molar-refractivity contribution in [3.05, 3.63) is 53.6 Å². The molecule has 3 fully saturated rings. The third-order valence-corrected chi connectivity index (χ3v) is 11.2. The van der Waals surface area contributed by atoms with E-state index in [9.17, 15) is 26.7 Å². The van der Waals surface area contributed by atoms with Crippen LogP contribution in [0.4, 0.5) is 11.4 Å². The number of amides is 1. The minimum absolute atomic E-state index is 0.0155. The van der Waals surface area contributed by atoms with Crippen LogP contribution < -0.4 is 14.3 Å².